The normalized spacial score (nSPS) is 11.3. The number of hydrogen-bond acceptors (Lipinski definition) is 4. The van der Waals surface area contributed by atoms with E-state index in [1.165, 1.54) is 6.07 Å². The molecule has 26 heavy (non-hydrogen) atoms. The SMILES string of the molecule is CN(C)CCn1c(C(=O)O)c(Nc2ccc(I)cc2F)c2cnccc21. The maximum Gasteiger partial charge on any atom is 0.354 e. The van der Waals surface area contributed by atoms with Gasteiger partial charge >= 0.3 is 5.97 Å². The summed E-state index contributed by atoms with van der Waals surface area (Å²) in [6.45, 7) is 1.16. The molecule has 0 saturated carbocycles. The second kappa shape index (κ2) is 7.58. The highest BCUT2D eigenvalue weighted by atomic mass is 127. The molecule has 0 saturated heterocycles. The summed E-state index contributed by atoms with van der Waals surface area (Å²) in [6.07, 6.45) is 3.22. The molecule has 8 heteroatoms. The number of rotatable bonds is 6. The highest BCUT2D eigenvalue weighted by molar-refractivity contribution is 14.1. The number of halogens is 2. The maximum atomic E-state index is 14.3. The summed E-state index contributed by atoms with van der Waals surface area (Å²) in [5.74, 6) is -1.51. The molecule has 3 rings (SSSR count). The molecule has 0 spiro atoms. The van der Waals surface area contributed by atoms with Crippen molar-refractivity contribution in [2.45, 2.75) is 6.54 Å². The maximum absolute atomic E-state index is 14.3. The van der Waals surface area contributed by atoms with Crippen LogP contribution < -0.4 is 5.32 Å². The molecule has 0 amide bonds. The van der Waals surface area contributed by atoms with Crippen molar-refractivity contribution in [3.63, 3.8) is 0 Å². The van der Waals surface area contributed by atoms with E-state index in [-0.39, 0.29) is 11.4 Å². The Bertz CT molecular complexity index is 971. The molecule has 0 atom stereocenters. The van der Waals surface area contributed by atoms with Crippen LogP contribution in [0.25, 0.3) is 10.9 Å². The molecule has 0 aliphatic carbocycles. The van der Waals surface area contributed by atoms with Crippen LogP contribution in [0.4, 0.5) is 15.8 Å². The van der Waals surface area contributed by atoms with Crippen molar-refractivity contribution in [1.82, 2.24) is 14.5 Å². The van der Waals surface area contributed by atoms with Crippen molar-refractivity contribution < 1.29 is 14.3 Å². The first-order valence-electron chi connectivity index (χ1n) is 7.94. The largest absolute Gasteiger partial charge is 0.477 e. The van der Waals surface area contributed by atoms with Crippen LogP contribution in [-0.4, -0.2) is 46.2 Å². The Morgan fingerprint density at radius 2 is 2.15 bits per heavy atom. The topological polar surface area (TPSA) is 70.4 Å². The summed E-state index contributed by atoms with van der Waals surface area (Å²) in [6, 6.07) is 6.53. The summed E-state index contributed by atoms with van der Waals surface area (Å²) in [7, 11) is 3.85. The van der Waals surface area contributed by atoms with E-state index in [0.717, 1.165) is 9.09 Å². The first kappa shape index (κ1) is 18.6. The Kier molecular flexibility index (Phi) is 5.42. The highest BCUT2D eigenvalue weighted by Gasteiger charge is 2.23. The van der Waals surface area contributed by atoms with E-state index in [1.807, 2.05) is 41.6 Å². The number of carboxylic acids is 1. The zero-order valence-corrected chi connectivity index (χ0v) is 16.5. The molecule has 6 nitrogen and oxygen atoms in total. The minimum Gasteiger partial charge on any atom is -0.477 e. The van der Waals surface area contributed by atoms with Crippen LogP contribution in [-0.2, 0) is 6.54 Å². The van der Waals surface area contributed by atoms with E-state index in [2.05, 4.69) is 10.3 Å². The molecule has 0 bridgehead atoms. The number of benzene rings is 1. The van der Waals surface area contributed by atoms with Crippen LogP contribution in [0.3, 0.4) is 0 Å². The number of carboxylic acid groups (broad SMARTS) is 1. The molecule has 3 aromatic rings. The van der Waals surface area contributed by atoms with Crippen LogP contribution in [0.15, 0.2) is 36.7 Å². The molecular weight excluding hydrogens is 450 g/mol. The molecule has 136 valence electrons. The van der Waals surface area contributed by atoms with Crippen molar-refractivity contribution >= 4 is 50.8 Å². The molecule has 2 aromatic heterocycles. The fourth-order valence-corrected chi connectivity index (χ4v) is 3.26. The monoisotopic (exact) mass is 468 g/mol. The number of likely N-dealkylation sites (N-methyl/N-ethyl adjacent to an activating group) is 1. The Labute approximate surface area is 163 Å². The number of carbonyl (C=O) groups is 1. The van der Waals surface area contributed by atoms with Gasteiger partial charge in [0.15, 0.2) is 5.69 Å². The van der Waals surface area contributed by atoms with E-state index in [9.17, 15) is 14.3 Å². The summed E-state index contributed by atoms with van der Waals surface area (Å²) in [5.41, 5.74) is 1.41. The molecule has 0 aliphatic rings. The van der Waals surface area contributed by atoms with Gasteiger partial charge in [0.2, 0.25) is 0 Å². The molecule has 0 fully saturated rings. The average Bonchev–Trinajstić information content (AvgIpc) is 2.89. The lowest BCUT2D eigenvalue weighted by molar-refractivity contribution is 0.0686. The number of anilines is 2. The predicted octanol–water partition coefficient (Wildman–Crippen LogP) is 3.78. The minimum absolute atomic E-state index is 0.0906. The van der Waals surface area contributed by atoms with Gasteiger partial charge in [0.05, 0.1) is 16.9 Å². The number of pyridine rings is 1. The molecule has 0 aliphatic heterocycles. The molecule has 2 heterocycles. The Balaban J connectivity index is 2.17. The number of aromatic nitrogens is 2. The van der Waals surface area contributed by atoms with Gasteiger partial charge in [-0.05, 0) is 61.0 Å². The van der Waals surface area contributed by atoms with E-state index < -0.39 is 11.8 Å². The van der Waals surface area contributed by atoms with Gasteiger partial charge in [-0.2, -0.15) is 0 Å². The quantitative estimate of drug-likeness (QED) is 0.539. The minimum atomic E-state index is -1.08. The van der Waals surface area contributed by atoms with Crippen LogP contribution in [0.2, 0.25) is 0 Å². The highest BCUT2D eigenvalue weighted by Crippen LogP contribution is 2.34. The van der Waals surface area contributed by atoms with Gasteiger partial charge < -0.3 is 19.9 Å². The molecule has 2 N–H and O–H groups in total. The lowest BCUT2D eigenvalue weighted by Crippen LogP contribution is -2.21. The third-order valence-corrected chi connectivity index (χ3v) is 4.70. The zero-order chi connectivity index (χ0) is 18.8. The van der Waals surface area contributed by atoms with Gasteiger partial charge in [-0.3, -0.25) is 4.98 Å². The average molecular weight is 468 g/mol. The smallest absolute Gasteiger partial charge is 0.354 e. The molecule has 0 radical (unpaired) electrons. The Hall–Kier alpha value is -2.20. The number of hydrogen-bond donors (Lipinski definition) is 2. The summed E-state index contributed by atoms with van der Waals surface area (Å²) in [4.78, 5) is 18.1. The number of nitrogens with zero attached hydrogens (tertiary/aromatic N) is 3. The van der Waals surface area contributed by atoms with Gasteiger partial charge in [0.1, 0.15) is 5.82 Å². The van der Waals surface area contributed by atoms with Gasteiger partial charge in [0, 0.05) is 34.4 Å². The summed E-state index contributed by atoms with van der Waals surface area (Å²) < 4.78 is 16.8. The lowest BCUT2D eigenvalue weighted by atomic mass is 10.2. The molecule has 1 aromatic carbocycles. The fourth-order valence-electron chi connectivity index (χ4n) is 2.80. The summed E-state index contributed by atoms with van der Waals surface area (Å²) >= 11 is 2.03. The van der Waals surface area contributed by atoms with Crippen molar-refractivity contribution in [3.05, 3.63) is 51.7 Å². The number of nitrogens with one attached hydrogen (secondary N) is 1. The third kappa shape index (κ3) is 3.65. The summed E-state index contributed by atoms with van der Waals surface area (Å²) in [5, 5.41) is 13.4. The second-order valence-corrected chi connectivity index (χ2v) is 7.37. The van der Waals surface area contributed by atoms with E-state index in [0.29, 0.717) is 24.2 Å². The van der Waals surface area contributed by atoms with Crippen molar-refractivity contribution in [1.29, 1.82) is 0 Å². The lowest BCUT2D eigenvalue weighted by Gasteiger charge is -2.13. The van der Waals surface area contributed by atoms with Crippen molar-refractivity contribution in [2.24, 2.45) is 0 Å². The first-order chi connectivity index (χ1) is 12.4. The van der Waals surface area contributed by atoms with Crippen LogP contribution in [0.1, 0.15) is 10.5 Å². The van der Waals surface area contributed by atoms with Crippen LogP contribution in [0, 0.1) is 9.39 Å². The zero-order valence-electron chi connectivity index (χ0n) is 14.3. The van der Waals surface area contributed by atoms with Gasteiger partial charge in [0.25, 0.3) is 0 Å². The first-order valence-corrected chi connectivity index (χ1v) is 9.02. The Morgan fingerprint density at radius 1 is 1.38 bits per heavy atom. The van der Waals surface area contributed by atoms with Gasteiger partial charge in [-0.1, -0.05) is 0 Å². The number of aromatic carboxylic acids is 1. The van der Waals surface area contributed by atoms with Gasteiger partial charge in [-0.25, -0.2) is 9.18 Å². The van der Waals surface area contributed by atoms with Crippen LogP contribution >= 0.6 is 22.6 Å². The van der Waals surface area contributed by atoms with E-state index >= 15 is 0 Å². The second-order valence-electron chi connectivity index (χ2n) is 6.13. The fraction of sp³-hybridized carbons (Fsp3) is 0.222. The third-order valence-electron chi connectivity index (χ3n) is 4.03. The van der Waals surface area contributed by atoms with Crippen molar-refractivity contribution in [3.8, 4) is 0 Å². The predicted molar refractivity (Wildman–Crippen MR) is 108 cm³/mol. The molecule has 0 unspecified atom stereocenters. The van der Waals surface area contributed by atoms with E-state index in [1.54, 1.807) is 35.2 Å². The number of fused-ring (bicyclic) bond motifs is 1. The van der Waals surface area contributed by atoms with Gasteiger partial charge in [-0.15, -0.1) is 0 Å². The standard InChI is InChI=1S/C18H18FIN4O2/c1-23(2)7-8-24-15-5-6-21-10-12(15)16(17(24)18(25)26)22-14-4-3-11(20)9-13(14)19/h3-6,9-10,22H,7-8H2,1-2H3,(H,25,26). The van der Waals surface area contributed by atoms with Crippen molar-refractivity contribution in [2.75, 3.05) is 26.0 Å². The van der Waals surface area contributed by atoms with E-state index in [4.69, 9.17) is 0 Å². The van der Waals surface area contributed by atoms with Crippen LogP contribution in [0.5, 0.6) is 0 Å². The Morgan fingerprint density at radius 3 is 2.81 bits per heavy atom. The molecular formula is C18H18FIN4O2.